The summed E-state index contributed by atoms with van der Waals surface area (Å²) in [5.74, 6) is 0.888. The fraction of sp³-hybridized carbons (Fsp3) is 0.250. The van der Waals surface area contributed by atoms with Gasteiger partial charge in [0, 0.05) is 17.6 Å². The van der Waals surface area contributed by atoms with Crippen LogP contribution in [0.5, 0.6) is 0 Å². The van der Waals surface area contributed by atoms with Gasteiger partial charge in [-0.1, -0.05) is 30.3 Å². The van der Waals surface area contributed by atoms with Crippen LogP contribution in [0.2, 0.25) is 0 Å². The van der Waals surface area contributed by atoms with Crippen molar-refractivity contribution in [1.29, 1.82) is 0 Å². The fourth-order valence-corrected chi connectivity index (χ4v) is 2.94. The molecular formula is C20H23ClN2O2. The quantitative estimate of drug-likeness (QED) is 0.678. The number of rotatable bonds is 5. The molecule has 1 heterocycles. The summed E-state index contributed by atoms with van der Waals surface area (Å²) >= 11 is 0. The number of amides is 1. The summed E-state index contributed by atoms with van der Waals surface area (Å²) in [5, 5.41) is 1.06. The summed E-state index contributed by atoms with van der Waals surface area (Å²) < 4.78 is 5.92. The van der Waals surface area contributed by atoms with Crippen molar-refractivity contribution in [3.63, 3.8) is 0 Å². The zero-order valence-corrected chi connectivity index (χ0v) is 15.3. The predicted octanol–water partition coefficient (Wildman–Crippen LogP) is 4.59. The van der Waals surface area contributed by atoms with Gasteiger partial charge in [-0.3, -0.25) is 4.79 Å². The van der Waals surface area contributed by atoms with Crippen molar-refractivity contribution in [2.45, 2.75) is 26.3 Å². The van der Waals surface area contributed by atoms with Crippen LogP contribution in [-0.4, -0.2) is 17.4 Å². The van der Waals surface area contributed by atoms with Gasteiger partial charge in [-0.05, 0) is 43.7 Å². The maximum absolute atomic E-state index is 12.7. The lowest BCUT2D eigenvalue weighted by molar-refractivity contribution is -0.132. The van der Waals surface area contributed by atoms with Gasteiger partial charge >= 0.3 is 0 Å². The molecule has 0 aliphatic rings. The van der Waals surface area contributed by atoms with E-state index in [1.165, 1.54) is 0 Å². The lowest BCUT2D eigenvalue weighted by Crippen LogP contribution is -2.34. The molecule has 1 atom stereocenters. The second kappa shape index (κ2) is 8.08. The third-order valence-electron chi connectivity index (χ3n) is 4.32. The molecular weight excluding hydrogens is 336 g/mol. The van der Waals surface area contributed by atoms with Gasteiger partial charge in [-0.2, -0.15) is 0 Å². The first-order chi connectivity index (χ1) is 11.6. The van der Waals surface area contributed by atoms with Crippen molar-refractivity contribution < 1.29 is 9.21 Å². The largest absolute Gasteiger partial charge is 0.459 e. The molecule has 25 heavy (non-hydrogen) atoms. The van der Waals surface area contributed by atoms with E-state index in [-0.39, 0.29) is 24.4 Å². The lowest BCUT2D eigenvalue weighted by Gasteiger charge is -2.26. The number of carbonyl (C=O) groups is 1. The van der Waals surface area contributed by atoms with E-state index in [1.807, 2.05) is 73.3 Å². The number of fused-ring (bicyclic) bond motifs is 1. The number of nitrogens with zero attached hydrogens (tertiary/aromatic N) is 1. The molecule has 2 N–H and O–H groups in total. The standard InChI is InChI=1S/C20H22N2O2.ClH/c1-3-22(20(23)12-15-8-10-17(21)11-9-15)14(2)19-13-16-6-4-5-7-18(16)24-19;/h4-11,13-14H,3,12,21H2,1-2H3;1H. The number of halogens is 1. The first-order valence-electron chi connectivity index (χ1n) is 8.21. The summed E-state index contributed by atoms with van der Waals surface area (Å²) in [5.41, 5.74) is 8.21. The minimum absolute atomic E-state index is 0. The topological polar surface area (TPSA) is 59.5 Å². The van der Waals surface area contributed by atoms with Gasteiger partial charge in [0.1, 0.15) is 11.3 Å². The van der Waals surface area contributed by atoms with E-state index >= 15 is 0 Å². The molecule has 2 aromatic carbocycles. The van der Waals surface area contributed by atoms with Crippen molar-refractivity contribution >= 4 is 35.0 Å². The fourth-order valence-electron chi connectivity index (χ4n) is 2.94. The van der Waals surface area contributed by atoms with Crippen molar-refractivity contribution in [1.82, 2.24) is 4.90 Å². The number of hydrogen-bond acceptors (Lipinski definition) is 3. The van der Waals surface area contributed by atoms with Gasteiger partial charge in [0.2, 0.25) is 5.91 Å². The van der Waals surface area contributed by atoms with E-state index in [0.29, 0.717) is 18.7 Å². The molecule has 3 rings (SSSR count). The van der Waals surface area contributed by atoms with E-state index < -0.39 is 0 Å². The Morgan fingerprint density at radius 1 is 1.16 bits per heavy atom. The van der Waals surface area contributed by atoms with E-state index in [1.54, 1.807) is 0 Å². The molecule has 0 fully saturated rings. The number of likely N-dealkylation sites (N-methyl/N-ethyl adjacent to an activating group) is 1. The number of benzene rings is 2. The first-order valence-corrected chi connectivity index (χ1v) is 8.21. The number of para-hydroxylation sites is 1. The third kappa shape index (κ3) is 4.15. The van der Waals surface area contributed by atoms with E-state index in [2.05, 4.69) is 0 Å². The predicted molar refractivity (Wildman–Crippen MR) is 104 cm³/mol. The molecule has 1 unspecified atom stereocenters. The Hall–Kier alpha value is -2.46. The van der Waals surface area contributed by atoms with Crippen LogP contribution < -0.4 is 5.73 Å². The highest BCUT2D eigenvalue weighted by molar-refractivity contribution is 5.85. The summed E-state index contributed by atoms with van der Waals surface area (Å²) in [4.78, 5) is 14.6. The van der Waals surface area contributed by atoms with Crippen LogP contribution in [0.3, 0.4) is 0 Å². The van der Waals surface area contributed by atoms with Gasteiger partial charge in [0.15, 0.2) is 0 Å². The van der Waals surface area contributed by atoms with Crippen molar-refractivity contribution in [2.75, 3.05) is 12.3 Å². The molecule has 0 spiro atoms. The Kier molecular flexibility index (Phi) is 6.10. The number of carbonyl (C=O) groups excluding carboxylic acids is 1. The monoisotopic (exact) mass is 358 g/mol. The Bertz CT molecular complexity index is 809. The molecule has 1 aromatic heterocycles. The molecule has 0 aliphatic heterocycles. The smallest absolute Gasteiger partial charge is 0.227 e. The third-order valence-corrected chi connectivity index (χ3v) is 4.32. The molecule has 0 saturated carbocycles. The second-order valence-electron chi connectivity index (χ2n) is 5.96. The normalized spacial score (nSPS) is 11.8. The number of nitrogens with two attached hydrogens (primary N) is 1. The van der Waals surface area contributed by atoms with Gasteiger partial charge in [0.25, 0.3) is 0 Å². The minimum Gasteiger partial charge on any atom is -0.459 e. The molecule has 0 saturated heterocycles. The zero-order valence-electron chi connectivity index (χ0n) is 14.4. The average Bonchev–Trinajstić information content (AvgIpc) is 3.01. The summed E-state index contributed by atoms with van der Waals surface area (Å²) in [6, 6.07) is 17.2. The molecule has 0 radical (unpaired) electrons. The van der Waals surface area contributed by atoms with E-state index in [0.717, 1.165) is 22.3 Å². The Morgan fingerprint density at radius 2 is 1.84 bits per heavy atom. The number of anilines is 1. The Balaban J connectivity index is 0.00000225. The van der Waals surface area contributed by atoms with Crippen LogP contribution in [0.15, 0.2) is 59.0 Å². The highest BCUT2D eigenvalue weighted by Gasteiger charge is 2.23. The average molecular weight is 359 g/mol. The molecule has 0 aliphatic carbocycles. The van der Waals surface area contributed by atoms with Gasteiger partial charge in [-0.15, -0.1) is 12.4 Å². The highest BCUT2D eigenvalue weighted by Crippen LogP contribution is 2.27. The van der Waals surface area contributed by atoms with Crippen LogP contribution in [0.4, 0.5) is 5.69 Å². The van der Waals surface area contributed by atoms with Crippen LogP contribution in [0.1, 0.15) is 31.2 Å². The summed E-state index contributed by atoms with van der Waals surface area (Å²) in [6.45, 7) is 4.62. The molecule has 4 nitrogen and oxygen atoms in total. The van der Waals surface area contributed by atoms with Crippen LogP contribution in [0, 0.1) is 0 Å². The van der Waals surface area contributed by atoms with E-state index in [4.69, 9.17) is 10.2 Å². The van der Waals surface area contributed by atoms with Crippen molar-refractivity contribution in [3.05, 3.63) is 65.9 Å². The molecule has 1 amide bonds. The molecule has 132 valence electrons. The molecule has 0 bridgehead atoms. The SMILES string of the molecule is CCN(C(=O)Cc1ccc(N)cc1)C(C)c1cc2ccccc2o1.Cl. The lowest BCUT2D eigenvalue weighted by atomic mass is 10.1. The van der Waals surface area contributed by atoms with Crippen LogP contribution >= 0.6 is 12.4 Å². The maximum Gasteiger partial charge on any atom is 0.227 e. The molecule has 5 heteroatoms. The van der Waals surface area contributed by atoms with E-state index in [9.17, 15) is 4.79 Å². The number of hydrogen-bond donors (Lipinski definition) is 1. The zero-order chi connectivity index (χ0) is 17.1. The Morgan fingerprint density at radius 3 is 2.48 bits per heavy atom. The number of furan rings is 1. The van der Waals surface area contributed by atoms with Crippen molar-refractivity contribution in [3.8, 4) is 0 Å². The summed E-state index contributed by atoms with van der Waals surface area (Å²) in [6.07, 6.45) is 0.360. The van der Waals surface area contributed by atoms with Crippen molar-refractivity contribution in [2.24, 2.45) is 0 Å². The highest BCUT2D eigenvalue weighted by atomic mass is 35.5. The van der Waals surface area contributed by atoms with Gasteiger partial charge in [-0.25, -0.2) is 0 Å². The second-order valence-corrected chi connectivity index (χ2v) is 5.96. The van der Waals surface area contributed by atoms with Gasteiger partial charge in [0.05, 0.1) is 12.5 Å². The minimum atomic E-state index is -0.108. The van der Waals surface area contributed by atoms with Crippen LogP contribution in [0.25, 0.3) is 11.0 Å². The first kappa shape index (κ1) is 18.9. The Labute approximate surface area is 154 Å². The maximum atomic E-state index is 12.7. The molecule has 3 aromatic rings. The van der Waals surface area contributed by atoms with Crippen LogP contribution in [-0.2, 0) is 11.2 Å². The number of nitrogen functional groups attached to an aromatic ring is 1. The summed E-state index contributed by atoms with van der Waals surface area (Å²) in [7, 11) is 0. The van der Waals surface area contributed by atoms with Gasteiger partial charge < -0.3 is 15.1 Å².